The smallest absolute Gasteiger partial charge is 0.255 e. The molecule has 2 saturated heterocycles. The van der Waals surface area contributed by atoms with Gasteiger partial charge in [0.15, 0.2) is 17.4 Å². The predicted octanol–water partition coefficient (Wildman–Crippen LogP) is 4.49. The van der Waals surface area contributed by atoms with Crippen LogP contribution in [0, 0.1) is 5.95 Å². The second-order valence-corrected chi connectivity index (χ2v) is 11.0. The van der Waals surface area contributed by atoms with E-state index >= 15 is 0 Å². The van der Waals surface area contributed by atoms with Crippen molar-refractivity contribution in [2.45, 2.75) is 75.5 Å². The van der Waals surface area contributed by atoms with Gasteiger partial charge >= 0.3 is 0 Å². The number of methoxy groups -OCH3 is 1. The summed E-state index contributed by atoms with van der Waals surface area (Å²) in [5, 5.41) is 23.6. The van der Waals surface area contributed by atoms with Crippen LogP contribution in [0.2, 0.25) is 0 Å². The zero-order chi connectivity index (χ0) is 25.1. The third-order valence-electron chi connectivity index (χ3n) is 7.95. The summed E-state index contributed by atoms with van der Waals surface area (Å²) in [5.74, 6) is 0.546. The van der Waals surface area contributed by atoms with Crippen molar-refractivity contribution in [1.82, 2.24) is 25.5 Å². The van der Waals surface area contributed by atoms with Gasteiger partial charge in [-0.3, -0.25) is 0 Å². The van der Waals surface area contributed by atoms with Gasteiger partial charge in [-0.25, -0.2) is 9.97 Å². The van der Waals surface area contributed by atoms with Crippen LogP contribution in [-0.2, 0) is 0 Å². The van der Waals surface area contributed by atoms with Crippen LogP contribution in [0.5, 0.6) is 11.5 Å². The molecule has 1 aromatic carbocycles. The number of aromatic nitrogens is 4. The van der Waals surface area contributed by atoms with E-state index < -0.39 is 5.95 Å². The molecule has 0 amide bonds. The fraction of sp³-hybridized carbons (Fsp3) is 0.481. The molecule has 3 aromatic rings. The van der Waals surface area contributed by atoms with Crippen LogP contribution in [-0.4, -0.2) is 55.5 Å². The SMILES string of the molecule is COc1cc(-c2ccc(-c3ncc(N(C4CC4)[C@H]4C[C@]5(C)CC[C@](C)(C4)N5)nn3)c(O)c2)cnc1F. The predicted molar refractivity (Wildman–Crippen MR) is 134 cm³/mol. The molecule has 0 unspecified atom stereocenters. The quantitative estimate of drug-likeness (QED) is 0.488. The molecular weight excluding hydrogens is 459 g/mol. The van der Waals surface area contributed by atoms with Crippen LogP contribution < -0.4 is 15.0 Å². The van der Waals surface area contributed by atoms with Crippen molar-refractivity contribution in [2.75, 3.05) is 12.0 Å². The highest BCUT2D eigenvalue weighted by Gasteiger charge is 2.51. The Morgan fingerprint density at radius 1 is 1.00 bits per heavy atom. The molecule has 8 nitrogen and oxygen atoms in total. The van der Waals surface area contributed by atoms with E-state index in [1.165, 1.54) is 39.0 Å². The summed E-state index contributed by atoms with van der Waals surface area (Å²) in [7, 11) is 1.39. The lowest BCUT2D eigenvalue weighted by Gasteiger charge is -2.46. The van der Waals surface area contributed by atoms with Gasteiger partial charge in [-0.05, 0) is 76.1 Å². The van der Waals surface area contributed by atoms with Crippen molar-refractivity contribution in [3.63, 3.8) is 0 Å². The van der Waals surface area contributed by atoms with E-state index in [4.69, 9.17) is 4.74 Å². The number of rotatable bonds is 6. The molecule has 3 atom stereocenters. The number of aromatic hydroxyl groups is 1. The number of phenolic OH excluding ortho intramolecular Hbond substituents is 1. The first-order valence-corrected chi connectivity index (χ1v) is 12.6. The normalized spacial score (nSPS) is 27.2. The van der Waals surface area contributed by atoms with Crippen LogP contribution in [0.25, 0.3) is 22.5 Å². The Morgan fingerprint density at radius 2 is 1.75 bits per heavy atom. The third kappa shape index (κ3) is 4.15. The molecule has 0 radical (unpaired) electrons. The Balaban J connectivity index is 1.25. The van der Waals surface area contributed by atoms with Gasteiger partial charge in [0.1, 0.15) is 5.75 Å². The summed E-state index contributed by atoms with van der Waals surface area (Å²) in [5.41, 5.74) is 2.13. The number of benzene rings is 1. The van der Waals surface area contributed by atoms with E-state index in [1.54, 1.807) is 24.4 Å². The van der Waals surface area contributed by atoms with Gasteiger partial charge in [-0.1, -0.05) is 6.07 Å². The maximum Gasteiger partial charge on any atom is 0.255 e. The minimum Gasteiger partial charge on any atom is -0.507 e. The number of phenols is 1. The Hall–Kier alpha value is -3.33. The first-order valence-electron chi connectivity index (χ1n) is 12.6. The van der Waals surface area contributed by atoms with Gasteiger partial charge in [0.2, 0.25) is 0 Å². The minimum atomic E-state index is -0.678. The molecule has 188 valence electrons. The highest BCUT2D eigenvalue weighted by atomic mass is 19.1. The number of nitrogens with zero attached hydrogens (tertiary/aromatic N) is 5. The number of piperidine rings is 1. The molecule has 0 spiro atoms. The lowest BCUT2D eigenvalue weighted by molar-refractivity contribution is 0.203. The number of hydrogen-bond acceptors (Lipinski definition) is 8. The zero-order valence-electron chi connectivity index (χ0n) is 20.8. The monoisotopic (exact) mass is 490 g/mol. The first-order chi connectivity index (χ1) is 17.3. The van der Waals surface area contributed by atoms with Gasteiger partial charge in [0, 0.05) is 34.9 Å². The molecule has 1 aliphatic carbocycles. The average Bonchev–Trinajstić information content (AvgIpc) is 3.65. The molecule has 3 aliphatic rings. The maximum absolute atomic E-state index is 13.7. The molecule has 1 saturated carbocycles. The number of nitrogens with one attached hydrogen (secondary N) is 1. The number of anilines is 1. The van der Waals surface area contributed by atoms with Crippen LogP contribution in [0.3, 0.4) is 0 Å². The van der Waals surface area contributed by atoms with Crippen molar-refractivity contribution in [2.24, 2.45) is 0 Å². The van der Waals surface area contributed by atoms with Crippen molar-refractivity contribution < 1.29 is 14.2 Å². The van der Waals surface area contributed by atoms with Crippen molar-refractivity contribution in [1.29, 1.82) is 0 Å². The van der Waals surface area contributed by atoms with Crippen molar-refractivity contribution in [3.05, 3.63) is 42.6 Å². The fourth-order valence-electron chi connectivity index (χ4n) is 6.19. The van der Waals surface area contributed by atoms with Gasteiger partial charge in [0.05, 0.1) is 18.9 Å². The summed E-state index contributed by atoms with van der Waals surface area (Å²) >= 11 is 0. The minimum absolute atomic E-state index is 0.0140. The zero-order valence-corrected chi connectivity index (χ0v) is 20.8. The van der Waals surface area contributed by atoms with Crippen molar-refractivity contribution >= 4 is 5.82 Å². The van der Waals surface area contributed by atoms with E-state index in [2.05, 4.69) is 44.2 Å². The molecular formula is C27H31FN6O2. The molecule has 4 heterocycles. The fourth-order valence-corrected chi connectivity index (χ4v) is 6.19. The second-order valence-electron chi connectivity index (χ2n) is 11.0. The topological polar surface area (TPSA) is 96.3 Å². The van der Waals surface area contributed by atoms with E-state index in [-0.39, 0.29) is 22.6 Å². The summed E-state index contributed by atoms with van der Waals surface area (Å²) in [6.07, 6.45) is 10.1. The Labute approximate surface area is 210 Å². The lowest BCUT2D eigenvalue weighted by Crippen LogP contribution is -2.59. The maximum atomic E-state index is 13.7. The standard InChI is InChI=1S/C27H31FN6O2/c1-26-8-9-27(2,33-26)13-19(12-26)34(18-5-6-18)23-15-30-25(32-31-23)20-7-4-16(10-21(20)35)17-11-22(36-3)24(28)29-14-17/h4,7,10-11,14-15,18-19,33,35H,5-6,8-9,12-13H2,1-3H3/t19-,26-,27+. The van der Waals surface area contributed by atoms with Gasteiger partial charge in [-0.15, -0.1) is 10.2 Å². The molecule has 2 aromatic heterocycles. The van der Waals surface area contributed by atoms with Crippen LogP contribution >= 0.6 is 0 Å². The molecule has 36 heavy (non-hydrogen) atoms. The third-order valence-corrected chi connectivity index (χ3v) is 7.95. The van der Waals surface area contributed by atoms with Crippen LogP contribution in [0.1, 0.15) is 52.4 Å². The summed E-state index contributed by atoms with van der Waals surface area (Å²) in [4.78, 5) is 10.8. The molecule has 9 heteroatoms. The largest absolute Gasteiger partial charge is 0.507 e. The Bertz CT molecular complexity index is 1280. The molecule has 2 N–H and O–H groups in total. The number of halogens is 1. The Kier molecular flexibility index (Phi) is 5.37. The Morgan fingerprint density at radius 3 is 2.36 bits per heavy atom. The van der Waals surface area contributed by atoms with E-state index in [0.29, 0.717) is 34.6 Å². The second kappa shape index (κ2) is 8.37. The molecule has 2 bridgehead atoms. The van der Waals surface area contributed by atoms with Crippen LogP contribution in [0.15, 0.2) is 36.7 Å². The highest BCUT2D eigenvalue weighted by molar-refractivity contribution is 5.73. The summed E-state index contributed by atoms with van der Waals surface area (Å²) in [6.45, 7) is 4.68. The molecule has 6 rings (SSSR count). The lowest BCUT2D eigenvalue weighted by atomic mass is 9.84. The van der Waals surface area contributed by atoms with Crippen LogP contribution in [0.4, 0.5) is 10.2 Å². The van der Waals surface area contributed by atoms with E-state index in [9.17, 15) is 9.50 Å². The number of ether oxygens (including phenoxy) is 1. The summed E-state index contributed by atoms with van der Waals surface area (Å²) < 4.78 is 18.7. The number of fused-ring (bicyclic) bond motifs is 2. The number of hydrogen-bond donors (Lipinski definition) is 2. The molecule has 2 aliphatic heterocycles. The van der Waals surface area contributed by atoms with Gasteiger partial charge in [0.25, 0.3) is 5.95 Å². The average molecular weight is 491 g/mol. The summed E-state index contributed by atoms with van der Waals surface area (Å²) in [6, 6.07) is 7.58. The number of pyridine rings is 1. The molecule has 3 fully saturated rings. The van der Waals surface area contributed by atoms with Crippen molar-refractivity contribution in [3.8, 4) is 34.0 Å². The van der Waals surface area contributed by atoms with E-state index in [0.717, 1.165) is 18.7 Å². The van der Waals surface area contributed by atoms with E-state index in [1.807, 2.05) is 6.07 Å². The first kappa shape index (κ1) is 23.1. The highest BCUT2D eigenvalue weighted by Crippen LogP contribution is 2.46. The van der Waals surface area contributed by atoms with Gasteiger partial charge in [-0.2, -0.15) is 4.39 Å². The van der Waals surface area contributed by atoms with Gasteiger partial charge < -0.3 is 20.1 Å².